The van der Waals surface area contributed by atoms with E-state index >= 15 is 0 Å². The van der Waals surface area contributed by atoms with E-state index in [1.165, 1.54) is 0 Å². The van der Waals surface area contributed by atoms with Crippen molar-refractivity contribution in [3.8, 4) is 11.8 Å². The van der Waals surface area contributed by atoms with E-state index in [2.05, 4.69) is 44.9 Å². The number of nitrogens with one attached hydrogen (secondary N) is 1. The summed E-state index contributed by atoms with van der Waals surface area (Å²) in [7, 11) is 0. The van der Waals surface area contributed by atoms with Crippen molar-refractivity contribution in [2.24, 2.45) is 5.16 Å². The van der Waals surface area contributed by atoms with Crippen LogP contribution in [0.3, 0.4) is 0 Å². The number of ether oxygens (including phenoxy) is 1. The molecular formula is C11H17IN2O2. The van der Waals surface area contributed by atoms with E-state index in [1.54, 1.807) is 6.92 Å². The third kappa shape index (κ3) is 6.30. The topological polar surface area (TPSA) is 42.8 Å². The number of oxime groups is 1. The molecule has 0 saturated carbocycles. The van der Waals surface area contributed by atoms with Gasteiger partial charge in [0.05, 0.1) is 0 Å². The Hall–Kier alpha value is -0.320. The minimum atomic E-state index is 0.566. The predicted octanol–water partition coefficient (Wildman–Crippen LogP) is 1.54. The third-order valence-corrected chi connectivity index (χ3v) is 2.69. The molecule has 0 bridgehead atoms. The number of hydrogen-bond acceptors (Lipinski definition) is 4. The lowest BCUT2D eigenvalue weighted by Crippen LogP contribution is -2.36. The highest BCUT2D eigenvalue weighted by Crippen LogP contribution is 2.05. The number of hydrogen-bond donors (Lipinski definition) is 1. The highest BCUT2D eigenvalue weighted by atomic mass is 127. The Morgan fingerprint density at radius 1 is 1.56 bits per heavy atom. The summed E-state index contributed by atoms with van der Waals surface area (Å²) in [5.41, 5.74) is 0. The van der Waals surface area contributed by atoms with Crippen LogP contribution in [0.5, 0.6) is 0 Å². The van der Waals surface area contributed by atoms with E-state index in [9.17, 15) is 0 Å². The molecule has 0 aromatic heterocycles. The van der Waals surface area contributed by atoms with Crippen molar-refractivity contribution in [3.05, 3.63) is 0 Å². The Morgan fingerprint density at radius 3 is 3.00 bits per heavy atom. The van der Waals surface area contributed by atoms with Gasteiger partial charge >= 0.3 is 0 Å². The number of halogens is 1. The number of rotatable bonds is 5. The molecule has 1 N–H and O–H groups in total. The predicted molar refractivity (Wildman–Crippen MR) is 72.7 cm³/mol. The monoisotopic (exact) mass is 336 g/mol. The van der Waals surface area contributed by atoms with Gasteiger partial charge in [-0.1, -0.05) is 11.1 Å². The van der Waals surface area contributed by atoms with Crippen molar-refractivity contribution in [2.75, 3.05) is 26.4 Å². The van der Waals surface area contributed by atoms with Crippen LogP contribution >= 0.6 is 22.6 Å². The summed E-state index contributed by atoms with van der Waals surface area (Å²) < 4.78 is 5.96. The second-order valence-electron chi connectivity index (χ2n) is 3.43. The summed E-state index contributed by atoms with van der Waals surface area (Å²) in [5.74, 6) is 5.57. The molecule has 0 aromatic rings. The van der Waals surface area contributed by atoms with E-state index in [-0.39, 0.29) is 0 Å². The van der Waals surface area contributed by atoms with Gasteiger partial charge in [0.2, 0.25) is 0 Å². The second kappa shape index (κ2) is 8.79. The Balaban J connectivity index is 2.02. The van der Waals surface area contributed by atoms with Crippen LogP contribution in [0, 0.1) is 11.8 Å². The van der Waals surface area contributed by atoms with E-state index in [1.807, 2.05) is 0 Å². The van der Waals surface area contributed by atoms with Gasteiger partial charge in [0.25, 0.3) is 0 Å². The van der Waals surface area contributed by atoms with Gasteiger partial charge in [-0.3, -0.25) is 0 Å². The van der Waals surface area contributed by atoms with Gasteiger partial charge in [0.15, 0.2) is 3.72 Å². The molecule has 5 heteroatoms. The van der Waals surface area contributed by atoms with Gasteiger partial charge in [0.1, 0.15) is 6.61 Å². The normalized spacial score (nSPS) is 17.8. The average molecular weight is 336 g/mol. The lowest BCUT2D eigenvalue weighted by Gasteiger charge is -2.22. The van der Waals surface area contributed by atoms with Crippen LogP contribution in [0.25, 0.3) is 0 Å². The summed E-state index contributed by atoms with van der Waals surface area (Å²) >= 11 is 2.05. The van der Waals surface area contributed by atoms with Crippen molar-refractivity contribution in [1.29, 1.82) is 0 Å². The quantitative estimate of drug-likeness (QED) is 0.272. The molecule has 4 nitrogen and oxygen atoms in total. The lowest BCUT2D eigenvalue weighted by molar-refractivity contribution is 0.0736. The van der Waals surface area contributed by atoms with Gasteiger partial charge in [-0.05, 0) is 48.3 Å². The van der Waals surface area contributed by atoms with Gasteiger partial charge < -0.3 is 14.9 Å². The van der Waals surface area contributed by atoms with Crippen LogP contribution in [0.4, 0.5) is 0 Å². The SMILES string of the molecule is CC#C/C(I)=N\OCCNC1CCOCC1. The molecule has 1 rings (SSSR count). The highest BCUT2D eigenvalue weighted by Gasteiger charge is 2.11. The zero-order chi connectivity index (χ0) is 11.6. The molecule has 16 heavy (non-hydrogen) atoms. The molecule has 0 aromatic carbocycles. The summed E-state index contributed by atoms with van der Waals surface area (Å²) in [6, 6.07) is 0.566. The second-order valence-corrected chi connectivity index (χ2v) is 4.45. The maximum atomic E-state index is 5.28. The lowest BCUT2D eigenvalue weighted by atomic mass is 10.1. The molecule has 90 valence electrons. The zero-order valence-corrected chi connectivity index (χ0v) is 11.6. The van der Waals surface area contributed by atoms with Crippen LogP contribution in [0.2, 0.25) is 0 Å². The molecule has 0 unspecified atom stereocenters. The molecular weight excluding hydrogens is 319 g/mol. The Kier molecular flexibility index (Phi) is 7.55. The maximum absolute atomic E-state index is 5.28. The van der Waals surface area contributed by atoms with E-state index < -0.39 is 0 Å². The average Bonchev–Trinajstić information content (AvgIpc) is 2.30. The first kappa shape index (κ1) is 13.7. The van der Waals surface area contributed by atoms with Gasteiger partial charge in [-0.2, -0.15) is 0 Å². The minimum Gasteiger partial charge on any atom is -0.393 e. The molecule has 1 heterocycles. The summed E-state index contributed by atoms with van der Waals surface area (Å²) in [6.45, 7) is 4.90. The van der Waals surface area contributed by atoms with Crippen molar-refractivity contribution >= 4 is 26.3 Å². The maximum Gasteiger partial charge on any atom is 0.189 e. The molecule has 0 amide bonds. The summed E-state index contributed by atoms with van der Waals surface area (Å²) in [4.78, 5) is 5.12. The van der Waals surface area contributed by atoms with E-state index in [0.717, 1.165) is 32.6 Å². The molecule has 1 fully saturated rings. The highest BCUT2D eigenvalue weighted by molar-refractivity contribution is 14.1. The number of nitrogens with zero attached hydrogens (tertiary/aromatic N) is 1. The molecule has 0 radical (unpaired) electrons. The Labute approximate surface area is 110 Å². The minimum absolute atomic E-state index is 0.566. The first-order chi connectivity index (χ1) is 7.83. The van der Waals surface area contributed by atoms with Crippen molar-refractivity contribution < 1.29 is 9.57 Å². The molecule has 0 aliphatic carbocycles. The Morgan fingerprint density at radius 2 is 2.31 bits per heavy atom. The van der Waals surface area contributed by atoms with Crippen molar-refractivity contribution in [3.63, 3.8) is 0 Å². The van der Waals surface area contributed by atoms with Gasteiger partial charge in [0, 0.05) is 25.8 Å². The van der Waals surface area contributed by atoms with E-state index in [4.69, 9.17) is 9.57 Å². The molecule has 1 saturated heterocycles. The third-order valence-electron chi connectivity index (χ3n) is 2.22. The first-order valence-electron chi connectivity index (χ1n) is 5.42. The van der Waals surface area contributed by atoms with Gasteiger partial charge in [-0.15, -0.1) is 0 Å². The largest absolute Gasteiger partial charge is 0.393 e. The zero-order valence-electron chi connectivity index (χ0n) is 9.46. The van der Waals surface area contributed by atoms with Gasteiger partial charge in [-0.25, -0.2) is 0 Å². The first-order valence-corrected chi connectivity index (χ1v) is 6.50. The van der Waals surface area contributed by atoms with Crippen LogP contribution in [0.15, 0.2) is 5.16 Å². The van der Waals surface area contributed by atoms with Crippen LogP contribution in [0.1, 0.15) is 19.8 Å². The summed E-state index contributed by atoms with van der Waals surface area (Å²) in [5, 5.41) is 7.28. The standard InChI is InChI=1S/C11H17IN2O2/c1-2-3-11(12)14-16-9-6-13-10-4-7-15-8-5-10/h10,13H,4-9H2,1H3/b14-11+. The van der Waals surface area contributed by atoms with E-state index in [0.29, 0.717) is 16.4 Å². The van der Waals surface area contributed by atoms with Crippen molar-refractivity contribution in [2.45, 2.75) is 25.8 Å². The van der Waals surface area contributed by atoms with Crippen LogP contribution in [-0.2, 0) is 9.57 Å². The van der Waals surface area contributed by atoms with Crippen LogP contribution < -0.4 is 5.32 Å². The fourth-order valence-corrected chi connectivity index (χ4v) is 1.85. The smallest absolute Gasteiger partial charge is 0.189 e. The van der Waals surface area contributed by atoms with Crippen LogP contribution in [-0.4, -0.2) is 36.1 Å². The summed E-state index contributed by atoms with van der Waals surface area (Å²) in [6.07, 6.45) is 2.17. The molecule has 0 spiro atoms. The van der Waals surface area contributed by atoms with Crippen molar-refractivity contribution in [1.82, 2.24) is 5.32 Å². The fourth-order valence-electron chi connectivity index (χ4n) is 1.44. The fraction of sp³-hybridized carbons (Fsp3) is 0.727. The molecule has 0 atom stereocenters. The molecule has 1 aliphatic rings. The molecule has 1 aliphatic heterocycles. The Bertz CT molecular complexity index is 277.